The van der Waals surface area contributed by atoms with Crippen molar-refractivity contribution in [3.63, 3.8) is 0 Å². The van der Waals surface area contributed by atoms with E-state index in [1.54, 1.807) is 49.4 Å². The van der Waals surface area contributed by atoms with Gasteiger partial charge in [-0.2, -0.15) is 0 Å². The van der Waals surface area contributed by atoms with E-state index >= 15 is 0 Å². The number of nitrogens with one attached hydrogen (secondary N) is 4. The number of aliphatic hydroxyl groups excluding tert-OH is 1. The maximum Gasteiger partial charge on any atom is 0.270 e. The van der Waals surface area contributed by atoms with Gasteiger partial charge in [-0.05, 0) is 64.7 Å². The number of hydrogen-bond acceptors (Lipinski definition) is 7. The van der Waals surface area contributed by atoms with Crippen molar-refractivity contribution in [2.45, 2.75) is 83.1 Å². The van der Waals surface area contributed by atoms with E-state index in [2.05, 4.69) is 26.3 Å². The zero-order chi connectivity index (χ0) is 34.1. The molecule has 0 saturated carbocycles. The van der Waals surface area contributed by atoms with Crippen LogP contribution >= 0.6 is 0 Å². The van der Waals surface area contributed by atoms with Gasteiger partial charge in [0.05, 0.1) is 18.0 Å². The number of pyridine rings is 1. The average Bonchev–Trinajstić information content (AvgIpc) is 3.53. The third-order valence-electron chi connectivity index (χ3n) is 7.81. The Hall–Kier alpha value is -4.84. The van der Waals surface area contributed by atoms with Crippen LogP contribution in [0.1, 0.15) is 63.0 Å². The maximum absolute atomic E-state index is 13.8. The predicted octanol–water partition coefficient (Wildman–Crippen LogP) is 1.85. The molecular formula is C35H44N6O6. The van der Waals surface area contributed by atoms with E-state index < -0.39 is 53.4 Å². The Bertz CT molecular complexity index is 1590. The van der Waals surface area contributed by atoms with Crippen LogP contribution in [-0.4, -0.2) is 87.4 Å². The van der Waals surface area contributed by atoms with Gasteiger partial charge in [0.25, 0.3) is 11.8 Å². The Balaban J connectivity index is 1.57. The molecule has 1 saturated heterocycles. The summed E-state index contributed by atoms with van der Waals surface area (Å²) in [5, 5.41) is 23.2. The highest BCUT2D eigenvalue weighted by molar-refractivity contribution is 5.99. The highest BCUT2D eigenvalue weighted by atomic mass is 16.3. The molecular weight excluding hydrogens is 600 g/mol. The van der Waals surface area contributed by atoms with Gasteiger partial charge in [-0.1, -0.05) is 54.6 Å². The Morgan fingerprint density at radius 1 is 0.957 bits per heavy atom. The van der Waals surface area contributed by atoms with Crippen molar-refractivity contribution in [1.29, 1.82) is 0 Å². The first-order chi connectivity index (χ1) is 22.4. The second-order valence-electron chi connectivity index (χ2n) is 12.8. The van der Waals surface area contributed by atoms with Crippen molar-refractivity contribution in [3.05, 3.63) is 78.0 Å². The minimum atomic E-state index is -1.72. The molecule has 12 nitrogen and oxygen atoms in total. The number of amides is 5. The third kappa shape index (κ3) is 9.58. The highest BCUT2D eigenvalue weighted by Gasteiger charge is 2.41. The zero-order valence-corrected chi connectivity index (χ0v) is 27.3. The number of rotatable bonds is 12. The van der Waals surface area contributed by atoms with Crippen LogP contribution in [0.5, 0.6) is 0 Å². The Kier molecular flexibility index (Phi) is 11.7. The van der Waals surface area contributed by atoms with Crippen molar-refractivity contribution in [3.8, 4) is 0 Å². The summed E-state index contributed by atoms with van der Waals surface area (Å²) < 4.78 is 0. The van der Waals surface area contributed by atoms with Crippen LogP contribution in [0.3, 0.4) is 0 Å². The smallest absolute Gasteiger partial charge is 0.270 e. The van der Waals surface area contributed by atoms with Crippen molar-refractivity contribution >= 4 is 40.4 Å². The van der Waals surface area contributed by atoms with Crippen LogP contribution in [0.25, 0.3) is 10.9 Å². The molecule has 4 rings (SSSR count). The van der Waals surface area contributed by atoms with Gasteiger partial charge in [-0.15, -0.1) is 0 Å². The fraction of sp³-hybridized carbons (Fsp3) is 0.429. The molecule has 47 heavy (non-hydrogen) atoms. The van der Waals surface area contributed by atoms with Gasteiger partial charge in [-0.25, -0.2) is 4.98 Å². The quantitative estimate of drug-likeness (QED) is 0.200. The van der Waals surface area contributed by atoms with Gasteiger partial charge in [-0.3, -0.25) is 24.0 Å². The van der Waals surface area contributed by atoms with Crippen molar-refractivity contribution in [2.24, 2.45) is 0 Å². The number of aromatic nitrogens is 1. The molecule has 4 atom stereocenters. The normalized spacial score (nSPS) is 16.5. The lowest BCUT2D eigenvalue weighted by molar-refractivity contribution is -0.147. The largest absolute Gasteiger partial charge is 0.381 e. The average molecular weight is 645 g/mol. The molecule has 0 radical (unpaired) electrons. The lowest BCUT2D eigenvalue weighted by atomic mass is 9.99. The van der Waals surface area contributed by atoms with E-state index in [9.17, 15) is 29.1 Å². The number of hydrogen-bond donors (Lipinski definition) is 5. The van der Waals surface area contributed by atoms with Crippen LogP contribution < -0.4 is 21.3 Å². The van der Waals surface area contributed by atoms with Gasteiger partial charge in [0.1, 0.15) is 17.8 Å². The monoisotopic (exact) mass is 644 g/mol. The fourth-order valence-electron chi connectivity index (χ4n) is 5.58. The first kappa shape index (κ1) is 35.0. The summed E-state index contributed by atoms with van der Waals surface area (Å²) in [5.74, 6) is -2.91. The second-order valence-corrected chi connectivity index (χ2v) is 12.8. The van der Waals surface area contributed by atoms with E-state index in [0.717, 1.165) is 10.9 Å². The first-order valence-electron chi connectivity index (χ1n) is 15.9. The van der Waals surface area contributed by atoms with Crippen LogP contribution in [0.15, 0.2) is 66.7 Å². The molecule has 250 valence electrons. The standard InChI is InChI=1S/C35H44N6O6/c1-5-36-29(42)21-27(39-31(44)25-18-17-23-14-9-10-15-24(23)37-25)32(45)38-26(20-22-12-7-6-8-13-22)30(43)34(47)41-19-11-16-28(41)33(46)40-35(2,3)4/h6-10,12-15,17-18,26-28,30,43H,5,11,16,19-21H2,1-4H3,(H,36,42)(H,38,45)(H,39,44)(H,40,46)/t26-,27-,28-,30-/m0/s1. The van der Waals surface area contributed by atoms with E-state index in [-0.39, 0.29) is 31.0 Å². The van der Waals surface area contributed by atoms with Gasteiger partial charge >= 0.3 is 0 Å². The zero-order valence-electron chi connectivity index (χ0n) is 27.3. The van der Waals surface area contributed by atoms with Gasteiger partial charge in [0, 0.05) is 24.0 Å². The Labute approximate surface area is 274 Å². The summed E-state index contributed by atoms with van der Waals surface area (Å²) in [4.78, 5) is 72.3. The fourth-order valence-corrected chi connectivity index (χ4v) is 5.58. The molecule has 3 aromatic rings. The second kappa shape index (κ2) is 15.6. The molecule has 1 aliphatic rings. The number of aliphatic hydroxyl groups is 1. The number of nitrogens with zero attached hydrogens (tertiary/aromatic N) is 2. The van der Waals surface area contributed by atoms with Crippen LogP contribution in [0, 0.1) is 0 Å². The lowest BCUT2D eigenvalue weighted by Crippen LogP contribution is -2.59. The summed E-state index contributed by atoms with van der Waals surface area (Å²) in [7, 11) is 0. The topological polar surface area (TPSA) is 170 Å². The van der Waals surface area contributed by atoms with Crippen LogP contribution in [0.4, 0.5) is 0 Å². The van der Waals surface area contributed by atoms with Gasteiger partial charge < -0.3 is 31.3 Å². The van der Waals surface area contributed by atoms with Crippen molar-refractivity contribution in [1.82, 2.24) is 31.2 Å². The number of carbonyl (C=O) groups is 5. The summed E-state index contributed by atoms with van der Waals surface area (Å²) >= 11 is 0. The number of carbonyl (C=O) groups excluding carboxylic acids is 5. The summed E-state index contributed by atoms with van der Waals surface area (Å²) in [5.41, 5.74) is 0.869. The van der Waals surface area contributed by atoms with E-state index in [0.29, 0.717) is 24.9 Å². The third-order valence-corrected chi connectivity index (χ3v) is 7.81. The van der Waals surface area contributed by atoms with Crippen molar-refractivity contribution < 1.29 is 29.1 Å². The number of para-hydroxylation sites is 1. The van der Waals surface area contributed by atoms with Gasteiger partial charge in [0.15, 0.2) is 6.10 Å². The number of fused-ring (bicyclic) bond motifs is 1. The molecule has 2 heterocycles. The molecule has 0 spiro atoms. The Morgan fingerprint density at radius 2 is 1.66 bits per heavy atom. The Morgan fingerprint density at radius 3 is 2.36 bits per heavy atom. The molecule has 5 amide bonds. The number of likely N-dealkylation sites (tertiary alicyclic amines) is 1. The summed E-state index contributed by atoms with van der Waals surface area (Å²) in [6, 6.07) is 16.3. The molecule has 5 N–H and O–H groups in total. The minimum absolute atomic E-state index is 0.0575. The first-order valence-corrected chi connectivity index (χ1v) is 15.9. The van der Waals surface area contributed by atoms with E-state index in [1.165, 1.54) is 11.0 Å². The molecule has 0 bridgehead atoms. The van der Waals surface area contributed by atoms with Crippen molar-refractivity contribution in [2.75, 3.05) is 13.1 Å². The maximum atomic E-state index is 13.8. The van der Waals surface area contributed by atoms with E-state index in [1.807, 2.05) is 39.0 Å². The van der Waals surface area contributed by atoms with E-state index in [4.69, 9.17) is 0 Å². The predicted molar refractivity (Wildman–Crippen MR) is 177 cm³/mol. The molecule has 0 unspecified atom stereocenters. The molecule has 2 aromatic carbocycles. The minimum Gasteiger partial charge on any atom is -0.381 e. The molecule has 0 aliphatic carbocycles. The molecule has 1 aromatic heterocycles. The molecule has 1 aliphatic heterocycles. The molecule has 12 heteroatoms. The molecule has 1 fully saturated rings. The van der Waals surface area contributed by atoms with Crippen LogP contribution in [0.2, 0.25) is 0 Å². The lowest BCUT2D eigenvalue weighted by Gasteiger charge is -2.32. The summed E-state index contributed by atoms with van der Waals surface area (Å²) in [6.45, 7) is 7.86. The SMILES string of the molecule is CCNC(=O)C[C@H](NC(=O)c1ccc2ccccc2n1)C(=O)N[C@@H](Cc1ccccc1)[C@H](O)C(=O)N1CCC[C@H]1C(=O)NC(C)(C)C. The number of benzene rings is 2. The highest BCUT2D eigenvalue weighted by Crippen LogP contribution is 2.21. The van der Waals surface area contributed by atoms with Gasteiger partial charge in [0.2, 0.25) is 17.7 Å². The van der Waals surface area contributed by atoms with Crippen LogP contribution in [-0.2, 0) is 25.6 Å². The summed E-state index contributed by atoms with van der Waals surface area (Å²) in [6.07, 6.45) is -1.01.